The Kier molecular flexibility index (Phi) is 4.54. The van der Waals surface area contributed by atoms with E-state index in [1.165, 1.54) is 19.3 Å². The lowest BCUT2D eigenvalue weighted by Crippen LogP contribution is -2.27. The lowest BCUT2D eigenvalue weighted by Gasteiger charge is -2.31. The summed E-state index contributed by atoms with van der Waals surface area (Å²) < 4.78 is 0. The summed E-state index contributed by atoms with van der Waals surface area (Å²) in [6.07, 6.45) is 3.85. The Bertz CT molecular complexity index is 116. The van der Waals surface area contributed by atoms with E-state index in [4.69, 9.17) is 0 Å². The first-order valence-electron chi connectivity index (χ1n) is 4.17. The molecule has 0 bridgehead atoms. The van der Waals surface area contributed by atoms with Gasteiger partial charge in [0.05, 0.1) is 0 Å². The van der Waals surface area contributed by atoms with E-state index in [0.717, 1.165) is 23.3 Å². The summed E-state index contributed by atoms with van der Waals surface area (Å²) in [5.74, 6) is 3.55. The van der Waals surface area contributed by atoms with Crippen molar-refractivity contribution in [3.8, 4) is 0 Å². The zero-order valence-corrected chi connectivity index (χ0v) is 9.29. The molecule has 3 heteroatoms. The van der Waals surface area contributed by atoms with Gasteiger partial charge in [-0.25, -0.2) is 0 Å². The predicted molar refractivity (Wildman–Crippen MR) is 61.3 cm³/mol. The van der Waals surface area contributed by atoms with Crippen LogP contribution in [-0.4, -0.2) is 16.8 Å². The van der Waals surface area contributed by atoms with Crippen LogP contribution in [0.15, 0.2) is 0 Å². The van der Waals surface area contributed by atoms with Gasteiger partial charge >= 0.3 is 0 Å². The van der Waals surface area contributed by atoms with Crippen molar-refractivity contribution < 1.29 is 0 Å². The van der Waals surface area contributed by atoms with Gasteiger partial charge in [-0.3, -0.25) is 0 Å². The fraction of sp³-hybridized carbons (Fsp3) is 1.00. The van der Waals surface area contributed by atoms with E-state index in [0.29, 0.717) is 5.25 Å². The van der Waals surface area contributed by atoms with Gasteiger partial charge in [-0.15, -0.1) is 0 Å². The molecule has 3 unspecified atom stereocenters. The summed E-state index contributed by atoms with van der Waals surface area (Å²) in [4.78, 5) is 0. The Morgan fingerprint density at radius 1 is 1.09 bits per heavy atom. The molecular formula is C8H16S3. The summed E-state index contributed by atoms with van der Waals surface area (Å²) in [7, 11) is 0. The fourth-order valence-electron chi connectivity index (χ4n) is 1.67. The molecule has 0 saturated heterocycles. The van der Waals surface area contributed by atoms with Crippen molar-refractivity contribution in [3.63, 3.8) is 0 Å². The van der Waals surface area contributed by atoms with Crippen molar-refractivity contribution in [2.75, 3.05) is 11.5 Å². The van der Waals surface area contributed by atoms with Gasteiger partial charge in [0.15, 0.2) is 0 Å². The molecule has 0 aliphatic heterocycles. The van der Waals surface area contributed by atoms with E-state index in [-0.39, 0.29) is 0 Å². The minimum atomic E-state index is 0.568. The fourth-order valence-corrected chi connectivity index (χ4v) is 3.16. The van der Waals surface area contributed by atoms with Gasteiger partial charge in [-0.2, -0.15) is 37.9 Å². The Balaban J connectivity index is 2.34. The quantitative estimate of drug-likeness (QED) is 0.571. The average molecular weight is 208 g/mol. The average Bonchev–Trinajstić information content (AvgIpc) is 2.04. The Morgan fingerprint density at radius 2 is 1.82 bits per heavy atom. The summed E-state index contributed by atoms with van der Waals surface area (Å²) >= 11 is 13.2. The van der Waals surface area contributed by atoms with Crippen molar-refractivity contribution >= 4 is 37.9 Å². The highest BCUT2D eigenvalue weighted by molar-refractivity contribution is 7.81. The van der Waals surface area contributed by atoms with E-state index in [9.17, 15) is 0 Å². The van der Waals surface area contributed by atoms with Crippen LogP contribution in [-0.2, 0) is 0 Å². The highest BCUT2D eigenvalue weighted by Crippen LogP contribution is 2.33. The van der Waals surface area contributed by atoms with E-state index in [2.05, 4.69) is 37.9 Å². The normalized spacial score (nSPS) is 39.0. The minimum Gasteiger partial charge on any atom is -0.179 e. The third-order valence-electron chi connectivity index (χ3n) is 2.56. The molecule has 1 fully saturated rings. The molecule has 1 rings (SSSR count). The van der Waals surface area contributed by atoms with Gasteiger partial charge in [0.2, 0.25) is 0 Å². The van der Waals surface area contributed by atoms with Crippen molar-refractivity contribution in [2.45, 2.75) is 24.5 Å². The maximum atomic E-state index is 4.57. The molecular weight excluding hydrogens is 192 g/mol. The maximum absolute atomic E-state index is 4.57. The largest absolute Gasteiger partial charge is 0.179 e. The molecule has 0 nitrogen and oxygen atoms in total. The molecule has 1 saturated carbocycles. The van der Waals surface area contributed by atoms with E-state index in [1.54, 1.807) is 0 Å². The topological polar surface area (TPSA) is 0 Å². The molecule has 0 aromatic carbocycles. The van der Waals surface area contributed by atoms with Crippen LogP contribution >= 0.6 is 37.9 Å². The molecule has 1 aliphatic rings. The standard InChI is InChI=1S/C8H16S3/c9-4-6-1-2-7(5-10)8(11)3-6/h6-11H,1-5H2. The van der Waals surface area contributed by atoms with Crippen molar-refractivity contribution in [1.82, 2.24) is 0 Å². The molecule has 0 aromatic rings. The second kappa shape index (κ2) is 4.93. The van der Waals surface area contributed by atoms with Gasteiger partial charge in [-0.1, -0.05) is 0 Å². The van der Waals surface area contributed by atoms with Crippen molar-refractivity contribution in [2.24, 2.45) is 11.8 Å². The molecule has 0 amide bonds. The number of hydrogen-bond acceptors (Lipinski definition) is 3. The first-order chi connectivity index (χ1) is 5.27. The van der Waals surface area contributed by atoms with Gasteiger partial charge in [0, 0.05) is 5.25 Å². The summed E-state index contributed by atoms with van der Waals surface area (Å²) in [5, 5.41) is 0.568. The molecule has 0 spiro atoms. The summed E-state index contributed by atoms with van der Waals surface area (Å²) in [6, 6.07) is 0. The molecule has 0 aromatic heterocycles. The SMILES string of the molecule is SCC1CCC(CS)C(S)C1. The zero-order chi connectivity index (χ0) is 8.27. The smallest absolute Gasteiger partial charge is 0.00557 e. The molecule has 3 atom stereocenters. The highest BCUT2D eigenvalue weighted by atomic mass is 32.1. The van der Waals surface area contributed by atoms with Gasteiger partial charge in [0.1, 0.15) is 0 Å². The third kappa shape index (κ3) is 2.78. The number of thiol groups is 3. The Morgan fingerprint density at radius 3 is 2.27 bits per heavy atom. The second-order valence-corrected chi connectivity index (χ2v) is 4.77. The lowest BCUT2D eigenvalue weighted by molar-refractivity contribution is 0.328. The first-order valence-corrected chi connectivity index (χ1v) is 5.95. The van der Waals surface area contributed by atoms with Crippen LogP contribution in [0.3, 0.4) is 0 Å². The maximum Gasteiger partial charge on any atom is 0.00557 e. The van der Waals surface area contributed by atoms with Gasteiger partial charge in [0.25, 0.3) is 0 Å². The second-order valence-electron chi connectivity index (χ2n) is 3.37. The molecule has 11 heavy (non-hydrogen) atoms. The van der Waals surface area contributed by atoms with E-state index < -0.39 is 0 Å². The van der Waals surface area contributed by atoms with Crippen LogP contribution in [0.5, 0.6) is 0 Å². The van der Waals surface area contributed by atoms with Gasteiger partial charge in [-0.05, 0) is 42.6 Å². The zero-order valence-electron chi connectivity index (χ0n) is 6.61. The summed E-state index contributed by atoms with van der Waals surface area (Å²) in [5.41, 5.74) is 0. The minimum absolute atomic E-state index is 0.568. The van der Waals surface area contributed by atoms with Crippen LogP contribution in [0.4, 0.5) is 0 Å². The molecule has 0 radical (unpaired) electrons. The van der Waals surface area contributed by atoms with Crippen molar-refractivity contribution in [1.29, 1.82) is 0 Å². The monoisotopic (exact) mass is 208 g/mol. The molecule has 1 aliphatic carbocycles. The van der Waals surface area contributed by atoms with Crippen LogP contribution in [0, 0.1) is 11.8 Å². The Hall–Kier alpha value is 1.05. The summed E-state index contributed by atoms with van der Waals surface area (Å²) in [6.45, 7) is 0. The first kappa shape index (κ1) is 10.1. The van der Waals surface area contributed by atoms with Crippen LogP contribution in [0.2, 0.25) is 0 Å². The number of hydrogen-bond donors (Lipinski definition) is 3. The van der Waals surface area contributed by atoms with Gasteiger partial charge < -0.3 is 0 Å². The number of rotatable bonds is 2. The van der Waals surface area contributed by atoms with Crippen LogP contribution in [0.1, 0.15) is 19.3 Å². The van der Waals surface area contributed by atoms with Crippen LogP contribution < -0.4 is 0 Å². The highest BCUT2D eigenvalue weighted by Gasteiger charge is 2.26. The predicted octanol–water partition coefficient (Wildman–Crippen LogP) is 2.56. The third-order valence-corrected chi connectivity index (χ3v) is 4.18. The molecule has 0 N–H and O–H groups in total. The molecule has 0 heterocycles. The molecule has 66 valence electrons. The van der Waals surface area contributed by atoms with E-state index in [1.807, 2.05) is 0 Å². The lowest BCUT2D eigenvalue weighted by atomic mass is 9.83. The Labute approximate surface area is 85.8 Å². The van der Waals surface area contributed by atoms with Crippen LogP contribution in [0.25, 0.3) is 0 Å². The van der Waals surface area contributed by atoms with E-state index >= 15 is 0 Å². The van der Waals surface area contributed by atoms with Crippen molar-refractivity contribution in [3.05, 3.63) is 0 Å².